The third-order valence-electron chi connectivity index (χ3n) is 2.87. The molecule has 0 atom stereocenters. The fourth-order valence-electron chi connectivity index (χ4n) is 1.78. The van der Waals surface area contributed by atoms with Gasteiger partial charge in [-0.3, -0.25) is 9.59 Å². The number of hydrogen-bond donors (Lipinski definition) is 2. The minimum Gasteiger partial charge on any atom is -0.452 e. The van der Waals surface area contributed by atoms with E-state index in [0.717, 1.165) is 5.57 Å². The van der Waals surface area contributed by atoms with Crippen molar-refractivity contribution in [2.24, 2.45) is 5.92 Å². The number of carbonyl (C=O) groups excluding carboxylic acids is 3. The number of carbonyl (C=O) groups is 3. The molecule has 0 unspecified atom stereocenters. The van der Waals surface area contributed by atoms with E-state index < -0.39 is 18.5 Å². The summed E-state index contributed by atoms with van der Waals surface area (Å²) in [5.74, 6) is -1.02. The highest BCUT2D eigenvalue weighted by atomic mass is 16.5. The zero-order chi connectivity index (χ0) is 18.1. The molecule has 24 heavy (non-hydrogen) atoms. The SMILES string of the molecule is CC(C)=CC(=O)OCC(=O)Nc1ccccc1C(=O)NCC(C)C. The Balaban J connectivity index is 2.67. The zero-order valence-electron chi connectivity index (χ0n) is 14.5. The number of rotatable bonds is 7. The topological polar surface area (TPSA) is 84.5 Å². The average molecular weight is 332 g/mol. The average Bonchev–Trinajstić information content (AvgIpc) is 2.50. The molecular formula is C18H24N2O4. The van der Waals surface area contributed by atoms with Crippen molar-refractivity contribution in [3.63, 3.8) is 0 Å². The summed E-state index contributed by atoms with van der Waals surface area (Å²) in [5, 5.41) is 5.39. The first-order valence-corrected chi connectivity index (χ1v) is 7.78. The van der Waals surface area contributed by atoms with Gasteiger partial charge in [0, 0.05) is 12.6 Å². The van der Waals surface area contributed by atoms with Gasteiger partial charge >= 0.3 is 5.97 Å². The predicted molar refractivity (Wildman–Crippen MR) is 92.6 cm³/mol. The van der Waals surface area contributed by atoms with Gasteiger partial charge in [-0.1, -0.05) is 31.6 Å². The Labute approximate surface area is 142 Å². The molecule has 0 aromatic heterocycles. The minimum atomic E-state index is -0.576. The molecule has 2 N–H and O–H groups in total. The van der Waals surface area contributed by atoms with E-state index in [0.29, 0.717) is 23.7 Å². The van der Waals surface area contributed by atoms with Gasteiger partial charge in [-0.05, 0) is 31.9 Å². The molecule has 1 aromatic carbocycles. The number of para-hydroxylation sites is 1. The minimum absolute atomic E-state index is 0.263. The maximum absolute atomic E-state index is 12.2. The van der Waals surface area contributed by atoms with Gasteiger partial charge in [0.2, 0.25) is 0 Å². The van der Waals surface area contributed by atoms with Crippen molar-refractivity contribution in [1.82, 2.24) is 5.32 Å². The van der Waals surface area contributed by atoms with Crippen LogP contribution in [0.5, 0.6) is 0 Å². The summed E-state index contributed by atoms with van der Waals surface area (Å²) >= 11 is 0. The Morgan fingerprint density at radius 2 is 1.83 bits per heavy atom. The molecule has 1 aromatic rings. The Hall–Kier alpha value is -2.63. The molecule has 0 fully saturated rings. The molecule has 0 radical (unpaired) electrons. The van der Waals surface area contributed by atoms with E-state index in [9.17, 15) is 14.4 Å². The second-order valence-electron chi connectivity index (χ2n) is 6.03. The lowest BCUT2D eigenvalue weighted by atomic mass is 10.1. The highest BCUT2D eigenvalue weighted by Crippen LogP contribution is 2.15. The summed E-state index contributed by atoms with van der Waals surface area (Å²) in [6.07, 6.45) is 1.31. The third-order valence-corrected chi connectivity index (χ3v) is 2.87. The molecule has 6 heteroatoms. The molecule has 1 rings (SSSR count). The van der Waals surface area contributed by atoms with Crippen molar-refractivity contribution in [3.05, 3.63) is 41.5 Å². The van der Waals surface area contributed by atoms with Crippen molar-refractivity contribution < 1.29 is 19.1 Å². The standard InChI is InChI=1S/C18H24N2O4/c1-12(2)9-17(22)24-11-16(21)20-15-8-6-5-7-14(15)18(23)19-10-13(3)4/h5-9,13H,10-11H2,1-4H3,(H,19,23)(H,20,21). The zero-order valence-corrected chi connectivity index (χ0v) is 14.5. The maximum atomic E-state index is 12.2. The molecule has 0 saturated carbocycles. The summed E-state index contributed by atoms with van der Waals surface area (Å²) < 4.78 is 4.84. The maximum Gasteiger partial charge on any atom is 0.331 e. The molecule has 0 bridgehead atoms. The van der Waals surface area contributed by atoms with Crippen molar-refractivity contribution in [3.8, 4) is 0 Å². The van der Waals surface area contributed by atoms with Crippen LogP contribution in [0.3, 0.4) is 0 Å². The highest BCUT2D eigenvalue weighted by Gasteiger charge is 2.14. The number of allylic oxidation sites excluding steroid dienone is 1. The van der Waals surface area contributed by atoms with Crippen LogP contribution in [0.2, 0.25) is 0 Å². The van der Waals surface area contributed by atoms with Crippen LogP contribution in [0.1, 0.15) is 38.1 Å². The fourth-order valence-corrected chi connectivity index (χ4v) is 1.78. The summed E-state index contributed by atoms with van der Waals surface area (Å²) in [6, 6.07) is 6.68. The Morgan fingerprint density at radius 3 is 2.46 bits per heavy atom. The van der Waals surface area contributed by atoms with Gasteiger partial charge in [0.15, 0.2) is 6.61 Å². The number of nitrogens with one attached hydrogen (secondary N) is 2. The Kier molecular flexibility index (Phi) is 7.68. The highest BCUT2D eigenvalue weighted by molar-refractivity contribution is 6.04. The van der Waals surface area contributed by atoms with Gasteiger partial charge < -0.3 is 15.4 Å². The first-order chi connectivity index (χ1) is 11.3. The van der Waals surface area contributed by atoms with Crippen LogP contribution in [-0.2, 0) is 14.3 Å². The van der Waals surface area contributed by atoms with Crippen molar-refractivity contribution >= 4 is 23.5 Å². The Morgan fingerprint density at radius 1 is 1.17 bits per heavy atom. The van der Waals surface area contributed by atoms with E-state index in [1.54, 1.807) is 38.1 Å². The lowest BCUT2D eigenvalue weighted by Crippen LogP contribution is -2.29. The lowest BCUT2D eigenvalue weighted by molar-refractivity contribution is -0.142. The first kappa shape index (κ1) is 19.4. The van der Waals surface area contributed by atoms with Crippen LogP contribution in [0.25, 0.3) is 0 Å². The van der Waals surface area contributed by atoms with Crippen LogP contribution < -0.4 is 10.6 Å². The molecule has 2 amide bonds. The van der Waals surface area contributed by atoms with E-state index in [-0.39, 0.29) is 5.91 Å². The van der Waals surface area contributed by atoms with Crippen molar-refractivity contribution in [1.29, 1.82) is 0 Å². The number of anilines is 1. The fraction of sp³-hybridized carbons (Fsp3) is 0.389. The predicted octanol–water partition coefficient (Wildman–Crippen LogP) is 2.52. The number of esters is 1. The van der Waals surface area contributed by atoms with Crippen LogP contribution in [0.15, 0.2) is 35.9 Å². The molecule has 130 valence electrons. The normalized spacial score (nSPS) is 10.0. The van der Waals surface area contributed by atoms with E-state index in [1.165, 1.54) is 6.08 Å². The van der Waals surface area contributed by atoms with Crippen molar-refractivity contribution in [2.45, 2.75) is 27.7 Å². The molecule has 0 aliphatic heterocycles. The molecule has 0 saturated heterocycles. The smallest absolute Gasteiger partial charge is 0.331 e. The molecule has 0 aliphatic carbocycles. The monoisotopic (exact) mass is 332 g/mol. The van der Waals surface area contributed by atoms with E-state index in [4.69, 9.17) is 4.74 Å². The molecule has 0 spiro atoms. The van der Waals surface area contributed by atoms with Crippen LogP contribution >= 0.6 is 0 Å². The number of ether oxygens (including phenoxy) is 1. The summed E-state index contributed by atoms with van der Waals surface area (Å²) in [6.45, 7) is 7.64. The first-order valence-electron chi connectivity index (χ1n) is 7.78. The number of amides is 2. The second-order valence-corrected chi connectivity index (χ2v) is 6.03. The quantitative estimate of drug-likeness (QED) is 0.593. The van der Waals surface area contributed by atoms with Gasteiger partial charge in [0.05, 0.1) is 11.3 Å². The summed E-state index contributed by atoms with van der Waals surface area (Å²) in [5.41, 5.74) is 1.52. The molecular weight excluding hydrogens is 308 g/mol. The third kappa shape index (κ3) is 7.09. The van der Waals surface area contributed by atoms with E-state index in [2.05, 4.69) is 10.6 Å². The molecule has 0 heterocycles. The number of hydrogen-bond acceptors (Lipinski definition) is 4. The summed E-state index contributed by atoms with van der Waals surface area (Å²) in [7, 11) is 0. The van der Waals surface area contributed by atoms with Crippen LogP contribution in [-0.4, -0.2) is 30.9 Å². The van der Waals surface area contributed by atoms with Crippen molar-refractivity contribution in [2.75, 3.05) is 18.5 Å². The lowest BCUT2D eigenvalue weighted by Gasteiger charge is -2.12. The van der Waals surface area contributed by atoms with Gasteiger partial charge in [-0.2, -0.15) is 0 Å². The Bertz CT molecular complexity index is 632. The van der Waals surface area contributed by atoms with Gasteiger partial charge in [-0.15, -0.1) is 0 Å². The van der Waals surface area contributed by atoms with E-state index in [1.807, 2.05) is 13.8 Å². The molecule has 0 aliphatic rings. The van der Waals surface area contributed by atoms with Gasteiger partial charge in [0.25, 0.3) is 11.8 Å². The largest absolute Gasteiger partial charge is 0.452 e. The molecule has 6 nitrogen and oxygen atoms in total. The summed E-state index contributed by atoms with van der Waals surface area (Å²) in [4.78, 5) is 35.5. The van der Waals surface area contributed by atoms with Crippen LogP contribution in [0, 0.1) is 5.92 Å². The van der Waals surface area contributed by atoms with Gasteiger partial charge in [-0.25, -0.2) is 4.79 Å². The van der Waals surface area contributed by atoms with E-state index >= 15 is 0 Å². The number of benzene rings is 1. The van der Waals surface area contributed by atoms with Crippen LogP contribution in [0.4, 0.5) is 5.69 Å². The second kappa shape index (κ2) is 9.50. The van der Waals surface area contributed by atoms with Gasteiger partial charge in [0.1, 0.15) is 0 Å².